The van der Waals surface area contributed by atoms with Gasteiger partial charge in [-0.15, -0.1) is 0 Å². The normalized spacial score (nSPS) is 54.1. The topological polar surface area (TPSA) is 144 Å². The van der Waals surface area contributed by atoms with Crippen LogP contribution in [0.1, 0.15) is 79.1 Å². The quantitative estimate of drug-likeness (QED) is 0.270. The minimum absolute atomic E-state index is 0.147. The summed E-state index contributed by atoms with van der Waals surface area (Å²) in [7, 11) is 0. The average Bonchev–Trinajstić information content (AvgIpc) is 3.44. The number of aliphatic hydroxyl groups excluding tert-OH is 4. The monoisotopic (exact) mass is 632 g/mol. The summed E-state index contributed by atoms with van der Waals surface area (Å²) in [6.07, 6.45) is 1.91. The van der Waals surface area contributed by atoms with Gasteiger partial charge < -0.3 is 44.1 Å². The van der Waals surface area contributed by atoms with Gasteiger partial charge in [0.15, 0.2) is 12.1 Å². The molecule has 10 heteroatoms. The van der Waals surface area contributed by atoms with Crippen molar-refractivity contribution in [3.05, 3.63) is 23.8 Å². The first-order valence-electron chi connectivity index (χ1n) is 17.1. The maximum atomic E-state index is 12.5. The second-order valence-electron chi connectivity index (χ2n) is 15.7. The lowest BCUT2D eigenvalue weighted by Crippen LogP contribution is -2.61. The molecular weight excluding hydrogens is 580 g/mol. The van der Waals surface area contributed by atoms with Crippen LogP contribution < -0.4 is 0 Å². The van der Waals surface area contributed by atoms with E-state index in [-0.39, 0.29) is 22.9 Å². The summed E-state index contributed by atoms with van der Waals surface area (Å²) >= 11 is 0. The van der Waals surface area contributed by atoms with Crippen molar-refractivity contribution in [3.8, 4) is 0 Å². The zero-order chi connectivity index (χ0) is 32.1. The summed E-state index contributed by atoms with van der Waals surface area (Å²) in [5, 5.41) is 40.8. The van der Waals surface area contributed by atoms with Gasteiger partial charge in [-0.1, -0.05) is 44.6 Å². The van der Waals surface area contributed by atoms with Gasteiger partial charge in [0.2, 0.25) is 0 Å². The van der Waals surface area contributed by atoms with Gasteiger partial charge in [0.05, 0.1) is 25.4 Å². The van der Waals surface area contributed by atoms with Crippen LogP contribution in [0.25, 0.3) is 0 Å². The molecule has 10 nitrogen and oxygen atoms in total. The SMILES string of the molecule is C=C1CC[C@@]2(OC1)O[C@H]1C[C@H]3[C@@H]4CC=C5C[C@H](O[C@@H]6O[C@H](CO)[C@@H](O)[C@H](O)[C@H]6O)C[C@@H](OC(C)=O)[C@]5(C)[C@H]4CC[C@]3(C)[C@H]1[C@@H]2C. The zero-order valence-electron chi connectivity index (χ0n) is 27.1. The highest BCUT2D eigenvalue weighted by molar-refractivity contribution is 5.66. The average molecular weight is 633 g/mol. The third kappa shape index (κ3) is 4.84. The van der Waals surface area contributed by atoms with Crippen LogP contribution in [0.5, 0.6) is 0 Å². The van der Waals surface area contributed by atoms with Crippen molar-refractivity contribution in [2.24, 2.45) is 40.4 Å². The Morgan fingerprint density at radius 1 is 1.11 bits per heavy atom. The Morgan fingerprint density at radius 2 is 1.89 bits per heavy atom. The molecule has 0 radical (unpaired) electrons. The molecule has 1 spiro atoms. The Labute approximate surface area is 266 Å². The van der Waals surface area contributed by atoms with E-state index in [0.29, 0.717) is 49.0 Å². The summed E-state index contributed by atoms with van der Waals surface area (Å²) < 4.78 is 31.3. The maximum absolute atomic E-state index is 12.5. The van der Waals surface area contributed by atoms with Crippen LogP contribution in [0.2, 0.25) is 0 Å². The molecule has 7 rings (SSSR count). The first-order valence-corrected chi connectivity index (χ1v) is 17.1. The van der Waals surface area contributed by atoms with E-state index in [2.05, 4.69) is 33.4 Å². The molecule has 0 aromatic carbocycles. The zero-order valence-corrected chi connectivity index (χ0v) is 27.1. The van der Waals surface area contributed by atoms with E-state index in [4.69, 9.17) is 23.7 Å². The molecule has 3 heterocycles. The lowest BCUT2D eigenvalue weighted by atomic mass is 9.46. The maximum Gasteiger partial charge on any atom is 0.302 e. The number of allylic oxidation sites excluding steroid dienone is 1. The van der Waals surface area contributed by atoms with Gasteiger partial charge >= 0.3 is 5.97 Å². The smallest absolute Gasteiger partial charge is 0.302 e. The van der Waals surface area contributed by atoms with Crippen LogP contribution in [0, 0.1) is 40.4 Å². The van der Waals surface area contributed by atoms with Gasteiger partial charge in [-0.05, 0) is 67.6 Å². The molecule has 3 saturated carbocycles. The van der Waals surface area contributed by atoms with E-state index in [1.54, 1.807) is 0 Å². The standard InChI is InChI=1S/C35H52O10/c1-17-8-11-35(41-16-17)18(2)28-25(45-35)14-24-22-7-6-20-12-21(43-32-31(40)30(39)29(38)26(15-36)44-32)13-27(42-19(3)37)34(20,5)23(22)9-10-33(24,28)4/h6,18,21-32,36,38-40H,1,7-16H2,2-5H3/t18-,21-,22+,23-,24-,25-,26+,27+,28-,29+,30-,31+,32+,33-,34-,35+/m0/s1. The van der Waals surface area contributed by atoms with Crippen molar-refractivity contribution < 1.29 is 48.9 Å². The predicted octanol–water partition coefficient (Wildman–Crippen LogP) is 3.00. The number of rotatable bonds is 4. The minimum Gasteiger partial charge on any atom is -0.462 e. The Hall–Kier alpha value is -1.37. The van der Waals surface area contributed by atoms with Crippen molar-refractivity contribution in [1.29, 1.82) is 0 Å². The fourth-order valence-corrected chi connectivity index (χ4v) is 11.4. The van der Waals surface area contributed by atoms with E-state index in [1.807, 2.05) is 0 Å². The largest absolute Gasteiger partial charge is 0.462 e. The summed E-state index contributed by atoms with van der Waals surface area (Å²) in [5.74, 6) is 1.21. The van der Waals surface area contributed by atoms with E-state index >= 15 is 0 Å². The van der Waals surface area contributed by atoms with Gasteiger partial charge in [-0.25, -0.2) is 0 Å². The number of hydrogen-bond donors (Lipinski definition) is 4. The molecule has 4 aliphatic carbocycles. The molecule has 45 heavy (non-hydrogen) atoms. The van der Waals surface area contributed by atoms with Crippen molar-refractivity contribution in [3.63, 3.8) is 0 Å². The number of esters is 1. The molecule has 252 valence electrons. The highest BCUT2D eigenvalue weighted by Crippen LogP contribution is 2.71. The molecule has 0 unspecified atom stereocenters. The van der Waals surface area contributed by atoms with Crippen molar-refractivity contribution in [2.75, 3.05) is 13.2 Å². The molecule has 3 saturated heterocycles. The van der Waals surface area contributed by atoms with Gasteiger partial charge in [0.1, 0.15) is 30.5 Å². The van der Waals surface area contributed by atoms with E-state index < -0.39 is 55.3 Å². The molecule has 3 aliphatic heterocycles. The molecule has 6 fully saturated rings. The lowest BCUT2D eigenvalue weighted by molar-refractivity contribution is -0.315. The van der Waals surface area contributed by atoms with Crippen molar-refractivity contribution in [1.82, 2.24) is 0 Å². The molecule has 0 aromatic heterocycles. The van der Waals surface area contributed by atoms with Crippen LogP contribution in [0.4, 0.5) is 0 Å². The first-order chi connectivity index (χ1) is 21.3. The highest BCUT2D eigenvalue weighted by atomic mass is 16.7. The summed E-state index contributed by atoms with van der Waals surface area (Å²) in [6, 6.07) is 0. The first kappa shape index (κ1) is 32.2. The number of fused-ring (bicyclic) bond motifs is 7. The molecule has 0 bridgehead atoms. The molecule has 7 aliphatic rings. The highest BCUT2D eigenvalue weighted by Gasteiger charge is 2.69. The second-order valence-corrected chi connectivity index (χ2v) is 15.7. The van der Waals surface area contributed by atoms with E-state index in [9.17, 15) is 25.2 Å². The summed E-state index contributed by atoms with van der Waals surface area (Å²) in [6.45, 7) is 12.7. The van der Waals surface area contributed by atoms with Crippen LogP contribution in [0.3, 0.4) is 0 Å². The summed E-state index contributed by atoms with van der Waals surface area (Å²) in [4.78, 5) is 12.5. The fourth-order valence-electron chi connectivity index (χ4n) is 11.4. The van der Waals surface area contributed by atoms with Crippen molar-refractivity contribution in [2.45, 2.75) is 134 Å². The van der Waals surface area contributed by atoms with Gasteiger partial charge in [0.25, 0.3) is 0 Å². The van der Waals surface area contributed by atoms with E-state index in [1.165, 1.54) is 12.5 Å². The number of hydrogen-bond acceptors (Lipinski definition) is 10. The van der Waals surface area contributed by atoms with Crippen LogP contribution in [-0.2, 0) is 28.5 Å². The van der Waals surface area contributed by atoms with Gasteiger partial charge in [-0.2, -0.15) is 0 Å². The number of carbonyl (C=O) groups excluding carboxylic acids is 1. The van der Waals surface area contributed by atoms with Crippen LogP contribution >= 0.6 is 0 Å². The third-order valence-corrected chi connectivity index (χ3v) is 13.6. The van der Waals surface area contributed by atoms with Crippen molar-refractivity contribution >= 4 is 5.97 Å². The Kier molecular flexibility index (Phi) is 8.13. The fraction of sp³-hybridized carbons (Fsp3) is 0.857. The molecule has 16 atom stereocenters. The Morgan fingerprint density at radius 3 is 2.58 bits per heavy atom. The molecule has 0 amide bonds. The predicted molar refractivity (Wildman–Crippen MR) is 161 cm³/mol. The van der Waals surface area contributed by atoms with Gasteiger partial charge in [-0.3, -0.25) is 4.79 Å². The molecule has 0 aromatic rings. The molecule has 4 N–H and O–H groups in total. The summed E-state index contributed by atoms with van der Waals surface area (Å²) in [5.41, 5.74) is 2.14. The third-order valence-electron chi connectivity index (χ3n) is 13.6. The lowest BCUT2D eigenvalue weighted by Gasteiger charge is -2.60. The van der Waals surface area contributed by atoms with E-state index in [0.717, 1.165) is 44.1 Å². The molecular formula is C35H52O10. The van der Waals surface area contributed by atoms with Gasteiger partial charge in [0, 0.05) is 31.1 Å². The second kappa shape index (κ2) is 11.4. The van der Waals surface area contributed by atoms with Crippen LogP contribution in [0.15, 0.2) is 23.8 Å². The number of carbonyl (C=O) groups is 1. The minimum atomic E-state index is -1.51. The number of ether oxygens (including phenoxy) is 5. The van der Waals surface area contributed by atoms with Crippen LogP contribution in [-0.4, -0.2) is 94.4 Å². The Bertz CT molecular complexity index is 1210. The Balaban J connectivity index is 1.13. The number of aliphatic hydroxyl groups is 4.